The van der Waals surface area contributed by atoms with Crippen LogP contribution in [0.1, 0.15) is 35.0 Å². The van der Waals surface area contributed by atoms with Crippen molar-refractivity contribution >= 4 is 11.6 Å². The van der Waals surface area contributed by atoms with E-state index < -0.39 is 0 Å². The molecule has 0 saturated heterocycles. The highest BCUT2D eigenvalue weighted by Gasteiger charge is 2.15. The number of hydrogen-bond donors (Lipinski definition) is 2. The van der Waals surface area contributed by atoms with Gasteiger partial charge in [0.2, 0.25) is 0 Å². The molecule has 0 bridgehead atoms. The number of hydrogen-bond acceptors (Lipinski definition) is 2. The van der Waals surface area contributed by atoms with Gasteiger partial charge in [-0.25, -0.2) is 4.98 Å². The van der Waals surface area contributed by atoms with Gasteiger partial charge in [-0.15, -0.1) is 0 Å². The highest BCUT2D eigenvalue weighted by molar-refractivity contribution is 6.30. The summed E-state index contributed by atoms with van der Waals surface area (Å²) in [6, 6.07) is 18.7. The number of H-pyrrole nitrogens is 1. The Hall–Kier alpha value is -2.10. The molecule has 1 aromatic heterocycles. The van der Waals surface area contributed by atoms with Crippen LogP contribution in [0.5, 0.6) is 0 Å². The molecular weight excluding hydrogens is 318 g/mol. The third kappa shape index (κ3) is 4.25. The first-order valence-corrected chi connectivity index (χ1v) is 8.67. The molecule has 1 heterocycles. The number of rotatable bonds is 7. The molecule has 2 aromatic carbocycles. The number of nitrogens with one attached hydrogen (secondary N) is 1. The molecule has 0 radical (unpaired) electrons. The molecule has 0 aliphatic rings. The molecule has 124 valence electrons. The molecule has 1 atom stereocenters. The van der Waals surface area contributed by atoms with Gasteiger partial charge in [0.15, 0.2) is 0 Å². The van der Waals surface area contributed by atoms with Gasteiger partial charge in [-0.1, -0.05) is 54.1 Å². The fourth-order valence-corrected chi connectivity index (χ4v) is 3.23. The average molecular weight is 340 g/mol. The molecule has 3 rings (SSSR count). The molecule has 0 spiro atoms. The SMILES string of the molecule is NCCc1cnc(CCC(c2ccccc2)c2cccc(Cl)c2)[nH]1. The number of halogens is 1. The summed E-state index contributed by atoms with van der Waals surface area (Å²) in [4.78, 5) is 7.84. The van der Waals surface area contributed by atoms with E-state index >= 15 is 0 Å². The second kappa shape index (κ2) is 8.13. The van der Waals surface area contributed by atoms with E-state index in [0.29, 0.717) is 12.5 Å². The number of aromatic amines is 1. The lowest BCUT2D eigenvalue weighted by molar-refractivity contribution is 0.694. The third-order valence-electron chi connectivity index (χ3n) is 4.22. The first-order chi connectivity index (χ1) is 11.8. The van der Waals surface area contributed by atoms with Crippen molar-refractivity contribution in [1.29, 1.82) is 0 Å². The normalized spacial score (nSPS) is 12.2. The van der Waals surface area contributed by atoms with E-state index in [4.69, 9.17) is 17.3 Å². The van der Waals surface area contributed by atoms with Gasteiger partial charge in [-0.05, 0) is 36.2 Å². The van der Waals surface area contributed by atoms with Gasteiger partial charge < -0.3 is 10.7 Å². The molecule has 0 aliphatic heterocycles. The average Bonchev–Trinajstić information content (AvgIpc) is 3.04. The van der Waals surface area contributed by atoms with Crippen molar-refractivity contribution in [1.82, 2.24) is 9.97 Å². The van der Waals surface area contributed by atoms with Crippen molar-refractivity contribution in [2.24, 2.45) is 5.73 Å². The predicted octanol–water partition coefficient (Wildman–Crippen LogP) is 4.33. The van der Waals surface area contributed by atoms with Crippen LogP contribution in [0, 0.1) is 0 Å². The zero-order valence-electron chi connectivity index (χ0n) is 13.6. The Morgan fingerprint density at radius 1 is 1.00 bits per heavy atom. The lowest BCUT2D eigenvalue weighted by atomic mass is 9.87. The molecule has 0 amide bonds. The van der Waals surface area contributed by atoms with Crippen LogP contribution < -0.4 is 5.73 Å². The standard InChI is InChI=1S/C20H22ClN3/c21-17-8-4-7-16(13-17)19(15-5-2-1-3-6-15)9-10-20-23-14-18(24-20)11-12-22/h1-8,13-14,19H,9-12,22H2,(H,23,24). The Labute approximate surface area is 147 Å². The number of nitrogens with zero attached hydrogens (tertiary/aromatic N) is 1. The molecule has 1 unspecified atom stereocenters. The second-order valence-corrected chi connectivity index (χ2v) is 6.39. The van der Waals surface area contributed by atoms with Gasteiger partial charge >= 0.3 is 0 Å². The van der Waals surface area contributed by atoms with Crippen molar-refractivity contribution in [2.45, 2.75) is 25.2 Å². The van der Waals surface area contributed by atoms with E-state index in [9.17, 15) is 0 Å². The first-order valence-electron chi connectivity index (χ1n) is 8.29. The lowest BCUT2D eigenvalue weighted by Gasteiger charge is -2.18. The Morgan fingerprint density at radius 3 is 2.54 bits per heavy atom. The van der Waals surface area contributed by atoms with Crippen molar-refractivity contribution in [3.63, 3.8) is 0 Å². The Morgan fingerprint density at radius 2 is 1.79 bits per heavy atom. The van der Waals surface area contributed by atoms with Crippen LogP contribution in [0.2, 0.25) is 5.02 Å². The maximum Gasteiger partial charge on any atom is 0.106 e. The van der Waals surface area contributed by atoms with Crippen molar-refractivity contribution < 1.29 is 0 Å². The highest BCUT2D eigenvalue weighted by Crippen LogP contribution is 2.30. The maximum absolute atomic E-state index is 6.20. The smallest absolute Gasteiger partial charge is 0.106 e. The number of benzene rings is 2. The quantitative estimate of drug-likeness (QED) is 0.673. The lowest BCUT2D eigenvalue weighted by Crippen LogP contribution is -2.05. The number of aryl methyl sites for hydroxylation is 1. The molecular formula is C20H22ClN3. The summed E-state index contributed by atoms with van der Waals surface area (Å²) in [7, 11) is 0. The second-order valence-electron chi connectivity index (χ2n) is 5.95. The summed E-state index contributed by atoms with van der Waals surface area (Å²) in [5.41, 5.74) is 9.24. The summed E-state index contributed by atoms with van der Waals surface area (Å²) < 4.78 is 0. The van der Waals surface area contributed by atoms with Crippen LogP contribution in [0.4, 0.5) is 0 Å². The number of imidazole rings is 1. The topological polar surface area (TPSA) is 54.7 Å². The van der Waals surface area contributed by atoms with E-state index in [1.165, 1.54) is 11.1 Å². The van der Waals surface area contributed by atoms with Crippen LogP contribution in [-0.4, -0.2) is 16.5 Å². The summed E-state index contributed by atoms with van der Waals surface area (Å²) in [6.07, 6.45) is 4.58. The van der Waals surface area contributed by atoms with Crippen LogP contribution >= 0.6 is 11.6 Å². The Kier molecular flexibility index (Phi) is 5.68. The summed E-state index contributed by atoms with van der Waals surface area (Å²) >= 11 is 6.20. The van der Waals surface area contributed by atoms with Gasteiger partial charge in [0.25, 0.3) is 0 Å². The molecule has 0 aliphatic carbocycles. The Bertz CT molecular complexity index is 767. The fraction of sp³-hybridized carbons (Fsp3) is 0.250. The van der Waals surface area contributed by atoms with Crippen LogP contribution in [0.3, 0.4) is 0 Å². The van der Waals surface area contributed by atoms with Crippen molar-refractivity contribution in [2.75, 3.05) is 6.54 Å². The zero-order chi connectivity index (χ0) is 16.8. The predicted molar refractivity (Wildman–Crippen MR) is 99.4 cm³/mol. The molecule has 3 N–H and O–H groups in total. The van der Waals surface area contributed by atoms with Crippen LogP contribution in [-0.2, 0) is 12.8 Å². The van der Waals surface area contributed by atoms with Gasteiger partial charge in [-0.3, -0.25) is 0 Å². The van der Waals surface area contributed by atoms with Gasteiger partial charge in [0.05, 0.1) is 0 Å². The molecule has 3 nitrogen and oxygen atoms in total. The van der Waals surface area contributed by atoms with E-state index in [2.05, 4.69) is 46.4 Å². The highest BCUT2D eigenvalue weighted by atomic mass is 35.5. The van der Waals surface area contributed by atoms with E-state index in [-0.39, 0.29) is 0 Å². The zero-order valence-corrected chi connectivity index (χ0v) is 14.3. The van der Waals surface area contributed by atoms with Crippen molar-refractivity contribution in [3.8, 4) is 0 Å². The fourth-order valence-electron chi connectivity index (χ4n) is 3.03. The minimum atomic E-state index is 0.299. The van der Waals surface area contributed by atoms with Crippen molar-refractivity contribution in [3.05, 3.63) is 88.5 Å². The molecule has 0 fully saturated rings. The Balaban J connectivity index is 1.79. The molecule has 3 aromatic rings. The maximum atomic E-state index is 6.20. The largest absolute Gasteiger partial charge is 0.346 e. The van der Waals surface area contributed by atoms with E-state index in [1.807, 2.05) is 24.4 Å². The number of nitrogens with two attached hydrogens (primary N) is 1. The van der Waals surface area contributed by atoms with E-state index in [1.54, 1.807) is 0 Å². The molecule has 4 heteroatoms. The van der Waals surface area contributed by atoms with Gasteiger partial charge in [-0.2, -0.15) is 0 Å². The van der Waals surface area contributed by atoms with E-state index in [0.717, 1.165) is 35.8 Å². The first kappa shape index (κ1) is 16.7. The van der Waals surface area contributed by atoms with Gasteiger partial charge in [0, 0.05) is 35.7 Å². The minimum Gasteiger partial charge on any atom is -0.346 e. The van der Waals surface area contributed by atoms with Crippen LogP contribution in [0.25, 0.3) is 0 Å². The monoisotopic (exact) mass is 339 g/mol. The molecule has 24 heavy (non-hydrogen) atoms. The summed E-state index contributed by atoms with van der Waals surface area (Å²) in [5.74, 6) is 1.31. The summed E-state index contributed by atoms with van der Waals surface area (Å²) in [6.45, 7) is 0.636. The minimum absolute atomic E-state index is 0.299. The third-order valence-corrected chi connectivity index (χ3v) is 4.45. The number of aromatic nitrogens is 2. The van der Waals surface area contributed by atoms with Crippen LogP contribution in [0.15, 0.2) is 60.8 Å². The van der Waals surface area contributed by atoms with Gasteiger partial charge in [0.1, 0.15) is 5.82 Å². The summed E-state index contributed by atoms with van der Waals surface area (Å²) in [5, 5.41) is 0.775. The molecule has 0 saturated carbocycles.